The van der Waals surface area contributed by atoms with Crippen LogP contribution in [0.5, 0.6) is 5.75 Å². The zero-order valence-electron chi connectivity index (χ0n) is 19.0. The van der Waals surface area contributed by atoms with Gasteiger partial charge in [-0.25, -0.2) is 8.42 Å². The molecule has 0 bridgehead atoms. The lowest BCUT2D eigenvalue weighted by Crippen LogP contribution is -2.49. The maximum Gasteiger partial charge on any atom is 0.254 e. The largest absolute Gasteiger partial charge is 0.495 e. The Labute approximate surface area is 195 Å². The normalized spacial score (nSPS) is 14.7. The van der Waals surface area contributed by atoms with Crippen molar-refractivity contribution in [3.05, 3.63) is 52.5 Å². The van der Waals surface area contributed by atoms with Crippen LogP contribution in [0.15, 0.2) is 41.3 Å². The summed E-state index contributed by atoms with van der Waals surface area (Å²) >= 11 is 6.16. The number of carbonyl (C=O) groups excluding carboxylic acids is 1. The van der Waals surface area contributed by atoms with Crippen LogP contribution in [0.25, 0.3) is 0 Å². The Hall–Kier alpha value is -2.29. The third kappa shape index (κ3) is 4.87. The number of benzene rings is 2. The molecule has 0 spiro atoms. The number of sulfonamides is 1. The second-order valence-corrected chi connectivity index (χ2v) is 10.0. The van der Waals surface area contributed by atoms with Crippen LogP contribution in [0.1, 0.15) is 29.8 Å². The highest BCUT2D eigenvalue weighted by Gasteiger charge is 2.29. The van der Waals surface area contributed by atoms with Gasteiger partial charge in [0.25, 0.3) is 5.91 Å². The predicted molar refractivity (Wildman–Crippen MR) is 127 cm³/mol. The standard InChI is InChI=1S/C23H30ClN3O4S/c1-5-27(6-2)32(29,30)22-15-18(8-10-21(22)31-4)23(28)26-13-11-25(12-14-26)20-16-19(24)9-7-17(20)3/h7-10,15-16H,5-6,11-14H2,1-4H3. The number of hydrogen-bond acceptors (Lipinski definition) is 5. The van der Waals surface area contributed by atoms with Crippen LogP contribution in [0.4, 0.5) is 5.69 Å². The molecule has 1 amide bonds. The van der Waals surface area contributed by atoms with E-state index in [1.54, 1.807) is 30.9 Å². The molecule has 3 rings (SSSR count). The molecule has 0 aromatic heterocycles. The highest BCUT2D eigenvalue weighted by atomic mass is 35.5. The fraction of sp³-hybridized carbons (Fsp3) is 0.435. The summed E-state index contributed by atoms with van der Waals surface area (Å²) in [6.45, 7) is 8.70. The van der Waals surface area contributed by atoms with Crippen LogP contribution in [0, 0.1) is 6.92 Å². The van der Waals surface area contributed by atoms with E-state index in [-0.39, 0.29) is 16.6 Å². The third-order valence-electron chi connectivity index (χ3n) is 5.81. The fourth-order valence-corrected chi connectivity index (χ4v) is 5.78. The Balaban J connectivity index is 1.81. The average molecular weight is 480 g/mol. The van der Waals surface area contributed by atoms with Gasteiger partial charge in [-0.1, -0.05) is 31.5 Å². The highest BCUT2D eigenvalue weighted by molar-refractivity contribution is 7.89. The molecule has 1 fully saturated rings. The van der Waals surface area contributed by atoms with Gasteiger partial charge in [-0.3, -0.25) is 4.79 Å². The van der Waals surface area contributed by atoms with Crippen LogP contribution in [0.3, 0.4) is 0 Å². The van der Waals surface area contributed by atoms with E-state index < -0.39 is 10.0 Å². The summed E-state index contributed by atoms with van der Waals surface area (Å²) in [5.41, 5.74) is 2.54. The van der Waals surface area contributed by atoms with E-state index in [1.165, 1.54) is 17.5 Å². The van der Waals surface area contributed by atoms with Crippen LogP contribution in [-0.2, 0) is 10.0 Å². The van der Waals surface area contributed by atoms with Crippen molar-refractivity contribution in [2.24, 2.45) is 0 Å². The molecule has 0 aliphatic carbocycles. The molecule has 1 heterocycles. The number of amides is 1. The van der Waals surface area contributed by atoms with E-state index in [0.29, 0.717) is 49.9 Å². The Bertz CT molecular complexity index is 1080. The number of methoxy groups -OCH3 is 1. The summed E-state index contributed by atoms with van der Waals surface area (Å²) in [6.07, 6.45) is 0. The van der Waals surface area contributed by atoms with Gasteiger partial charge in [0.2, 0.25) is 10.0 Å². The topological polar surface area (TPSA) is 70.2 Å². The number of carbonyl (C=O) groups is 1. The smallest absolute Gasteiger partial charge is 0.254 e. The summed E-state index contributed by atoms with van der Waals surface area (Å²) in [6, 6.07) is 10.4. The SMILES string of the molecule is CCN(CC)S(=O)(=O)c1cc(C(=O)N2CCN(c3cc(Cl)ccc3C)CC2)ccc1OC. The van der Waals surface area contributed by atoms with Crippen molar-refractivity contribution in [2.45, 2.75) is 25.7 Å². The van der Waals surface area contributed by atoms with Crippen LogP contribution >= 0.6 is 11.6 Å². The Morgan fingerprint density at radius 3 is 2.31 bits per heavy atom. The number of rotatable bonds is 7. The molecular weight excluding hydrogens is 450 g/mol. The molecule has 9 heteroatoms. The van der Waals surface area contributed by atoms with Gasteiger partial charge in [0.05, 0.1) is 7.11 Å². The van der Waals surface area contributed by atoms with Crippen molar-refractivity contribution >= 4 is 33.2 Å². The summed E-state index contributed by atoms with van der Waals surface area (Å²) < 4.78 is 32.8. The predicted octanol–water partition coefficient (Wildman–Crippen LogP) is 3.65. The first-order valence-corrected chi connectivity index (χ1v) is 12.5. The Morgan fingerprint density at radius 2 is 1.72 bits per heavy atom. The van der Waals surface area contributed by atoms with Crippen LogP contribution in [0.2, 0.25) is 5.02 Å². The molecular formula is C23H30ClN3O4S. The number of hydrogen-bond donors (Lipinski definition) is 0. The summed E-state index contributed by atoms with van der Waals surface area (Å²) in [5.74, 6) is 0.0424. The molecule has 0 saturated carbocycles. The molecule has 1 aliphatic rings. The summed E-state index contributed by atoms with van der Waals surface area (Å²) in [7, 11) is -2.34. The van der Waals surface area contributed by atoms with E-state index in [0.717, 1.165) is 11.3 Å². The van der Waals surface area contributed by atoms with Gasteiger partial charge in [-0.15, -0.1) is 0 Å². The molecule has 1 saturated heterocycles. The van der Waals surface area contributed by atoms with E-state index in [9.17, 15) is 13.2 Å². The van der Waals surface area contributed by atoms with Crippen molar-refractivity contribution in [3.8, 4) is 5.75 Å². The molecule has 0 N–H and O–H groups in total. The molecule has 2 aromatic rings. The van der Waals surface area contributed by atoms with Crippen molar-refractivity contribution < 1.29 is 17.9 Å². The van der Waals surface area contributed by atoms with E-state index in [4.69, 9.17) is 16.3 Å². The molecule has 2 aromatic carbocycles. The quantitative estimate of drug-likeness (QED) is 0.606. The van der Waals surface area contributed by atoms with E-state index in [2.05, 4.69) is 4.90 Å². The minimum absolute atomic E-state index is 0.0164. The summed E-state index contributed by atoms with van der Waals surface area (Å²) in [5, 5.41) is 0.685. The van der Waals surface area contributed by atoms with E-state index in [1.807, 2.05) is 25.1 Å². The number of halogens is 1. The lowest BCUT2D eigenvalue weighted by molar-refractivity contribution is 0.0746. The number of ether oxygens (including phenoxy) is 1. The van der Waals surface area contributed by atoms with Crippen molar-refractivity contribution in [2.75, 3.05) is 51.3 Å². The van der Waals surface area contributed by atoms with Crippen molar-refractivity contribution in [1.82, 2.24) is 9.21 Å². The van der Waals surface area contributed by atoms with Gasteiger partial charge in [0.15, 0.2) is 0 Å². The van der Waals surface area contributed by atoms with Crippen LogP contribution in [-0.4, -0.2) is 69.9 Å². The monoisotopic (exact) mass is 479 g/mol. The first-order chi connectivity index (χ1) is 15.2. The van der Waals surface area contributed by atoms with Gasteiger partial charge < -0.3 is 14.5 Å². The first kappa shape index (κ1) is 24.4. The zero-order valence-corrected chi connectivity index (χ0v) is 20.5. The fourth-order valence-electron chi connectivity index (χ4n) is 3.97. The van der Waals surface area contributed by atoms with Gasteiger partial charge in [0.1, 0.15) is 10.6 Å². The molecule has 7 nitrogen and oxygen atoms in total. The lowest BCUT2D eigenvalue weighted by atomic mass is 10.1. The van der Waals surface area contributed by atoms with Gasteiger partial charge in [-0.2, -0.15) is 4.31 Å². The zero-order chi connectivity index (χ0) is 23.5. The number of aryl methyl sites for hydroxylation is 1. The molecule has 32 heavy (non-hydrogen) atoms. The second kappa shape index (κ2) is 10.1. The highest BCUT2D eigenvalue weighted by Crippen LogP contribution is 2.29. The van der Waals surface area contributed by atoms with Crippen molar-refractivity contribution in [1.29, 1.82) is 0 Å². The maximum atomic E-state index is 13.2. The molecule has 174 valence electrons. The van der Waals surface area contributed by atoms with Crippen molar-refractivity contribution in [3.63, 3.8) is 0 Å². The number of anilines is 1. The Morgan fingerprint density at radius 1 is 1.06 bits per heavy atom. The summed E-state index contributed by atoms with van der Waals surface area (Å²) in [4.78, 5) is 17.2. The third-order valence-corrected chi connectivity index (χ3v) is 8.12. The molecule has 1 aliphatic heterocycles. The van der Waals surface area contributed by atoms with Gasteiger partial charge in [0, 0.05) is 55.5 Å². The average Bonchev–Trinajstić information content (AvgIpc) is 2.80. The molecule has 0 atom stereocenters. The second-order valence-electron chi connectivity index (χ2n) is 7.67. The van der Waals surface area contributed by atoms with E-state index >= 15 is 0 Å². The molecule has 0 radical (unpaired) electrons. The van der Waals surface area contributed by atoms with Gasteiger partial charge in [-0.05, 0) is 42.8 Å². The van der Waals surface area contributed by atoms with Gasteiger partial charge >= 0.3 is 0 Å². The number of piperazine rings is 1. The minimum atomic E-state index is -3.77. The minimum Gasteiger partial charge on any atom is -0.495 e. The molecule has 0 unspecified atom stereocenters. The van der Waals surface area contributed by atoms with Crippen LogP contribution < -0.4 is 9.64 Å². The Kier molecular flexibility index (Phi) is 7.69. The number of nitrogens with zero attached hydrogens (tertiary/aromatic N) is 3. The maximum absolute atomic E-state index is 13.2. The first-order valence-electron chi connectivity index (χ1n) is 10.7. The lowest BCUT2D eigenvalue weighted by Gasteiger charge is -2.37.